The fourth-order valence-corrected chi connectivity index (χ4v) is 1.92. The van der Waals surface area contributed by atoms with Gasteiger partial charge in [0, 0.05) is 10.3 Å². The third-order valence-electron chi connectivity index (χ3n) is 1.27. The highest BCUT2D eigenvalue weighted by Gasteiger charge is 2.15. The smallest absolute Gasteiger partial charge is 0.279 e. The lowest BCUT2D eigenvalue weighted by Crippen LogP contribution is -2.28. The van der Waals surface area contributed by atoms with Gasteiger partial charge in [-0.3, -0.25) is 25.5 Å². The lowest BCUT2D eigenvalue weighted by Gasteiger charge is -2.06. The highest BCUT2D eigenvalue weighted by Crippen LogP contribution is 2.20. The maximum Gasteiger partial charge on any atom is 0.300 e. The number of amides is 1. The van der Waals surface area contributed by atoms with Crippen LogP contribution in [0.1, 0.15) is 15.2 Å². The molecule has 0 saturated heterocycles. The predicted octanol–water partition coefficient (Wildman–Crippen LogP) is 0.812. The van der Waals surface area contributed by atoms with Gasteiger partial charge in [0.05, 0.1) is 5.56 Å². The van der Waals surface area contributed by atoms with Crippen LogP contribution in [0.15, 0.2) is 11.4 Å². The quantitative estimate of drug-likeness (QED) is 0.641. The van der Waals surface area contributed by atoms with Crippen molar-refractivity contribution < 1.29 is 9.36 Å². The van der Waals surface area contributed by atoms with Crippen LogP contribution in [-0.4, -0.2) is 5.91 Å². The van der Waals surface area contributed by atoms with E-state index >= 15 is 0 Å². The summed E-state index contributed by atoms with van der Waals surface area (Å²) in [6, 6.07) is 1.68. The highest BCUT2D eigenvalue weighted by atomic mass is 32.1. The number of aryl methyl sites for hydroxylation is 1. The fraction of sp³-hybridized carbons (Fsp3) is 0.167. The highest BCUT2D eigenvalue weighted by molar-refractivity contribution is 7.57. The molecule has 0 fully saturated rings. The molecule has 1 heterocycles. The summed E-state index contributed by atoms with van der Waals surface area (Å²) < 4.78 is 10.8. The molecule has 5 nitrogen and oxygen atoms in total. The number of rotatable bonds is 2. The molecule has 7 heteroatoms. The van der Waals surface area contributed by atoms with Gasteiger partial charge < -0.3 is 0 Å². The second kappa shape index (κ2) is 3.59. The van der Waals surface area contributed by atoms with Gasteiger partial charge in [-0.25, -0.2) is 0 Å². The molecule has 0 spiro atoms. The minimum atomic E-state index is -3.47. The maximum atomic E-state index is 11.2. The minimum Gasteiger partial charge on any atom is -0.279 e. The van der Waals surface area contributed by atoms with Crippen molar-refractivity contribution in [3.63, 3.8) is 0 Å². The van der Waals surface area contributed by atoms with Gasteiger partial charge in [0.25, 0.3) is 5.91 Å². The van der Waals surface area contributed by atoms with E-state index in [1.165, 1.54) is 11.3 Å². The lowest BCUT2D eigenvalue weighted by molar-refractivity contribution is 0.0981. The van der Waals surface area contributed by atoms with E-state index < -0.39 is 13.5 Å². The second-order valence-electron chi connectivity index (χ2n) is 2.60. The first-order valence-electron chi connectivity index (χ1n) is 3.43. The van der Waals surface area contributed by atoms with Gasteiger partial charge in [-0.1, -0.05) is 0 Å². The number of nitrogens with one attached hydrogen (secondary N) is 1. The van der Waals surface area contributed by atoms with Crippen LogP contribution >= 0.6 is 18.9 Å². The van der Waals surface area contributed by atoms with Gasteiger partial charge in [-0.05, 0) is 13.0 Å². The van der Waals surface area contributed by atoms with E-state index in [2.05, 4.69) is 0 Å². The Morgan fingerprint density at radius 3 is 2.62 bits per heavy atom. The Hall–Kier alpha value is -0.680. The lowest BCUT2D eigenvalue weighted by atomic mass is 10.3. The van der Waals surface area contributed by atoms with E-state index in [0.717, 1.165) is 4.88 Å². The van der Waals surface area contributed by atoms with E-state index in [4.69, 9.17) is 11.0 Å². The summed E-state index contributed by atoms with van der Waals surface area (Å²) in [6.45, 7) is 1.87. The Balaban J connectivity index is 2.75. The Morgan fingerprint density at radius 1 is 1.62 bits per heavy atom. The summed E-state index contributed by atoms with van der Waals surface area (Å²) in [5.41, 5.74) is 10.4. The van der Waals surface area contributed by atoms with Crippen LogP contribution in [0.4, 0.5) is 0 Å². The van der Waals surface area contributed by atoms with Crippen LogP contribution in [0.25, 0.3) is 0 Å². The molecular formula is C6H10N3O2PS. The Kier molecular flexibility index (Phi) is 2.87. The molecule has 0 aliphatic rings. The molecule has 1 amide bonds. The first kappa shape index (κ1) is 10.4. The number of hydrogen-bond acceptors (Lipinski definition) is 3. The molecule has 0 unspecified atom stereocenters. The largest absolute Gasteiger partial charge is 0.300 e. The van der Waals surface area contributed by atoms with Crippen molar-refractivity contribution in [3.05, 3.63) is 21.9 Å². The van der Waals surface area contributed by atoms with Crippen LogP contribution in [0, 0.1) is 6.92 Å². The maximum absolute atomic E-state index is 11.2. The number of thiophene rings is 1. The minimum absolute atomic E-state index is 0.429. The number of carbonyl (C=O) groups is 1. The third kappa shape index (κ3) is 3.28. The monoisotopic (exact) mass is 219 g/mol. The zero-order chi connectivity index (χ0) is 10.1. The van der Waals surface area contributed by atoms with Crippen LogP contribution in [0.3, 0.4) is 0 Å². The van der Waals surface area contributed by atoms with Crippen molar-refractivity contribution >= 4 is 24.8 Å². The topological polar surface area (TPSA) is 98.2 Å². The van der Waals surface area contributed by atoms with Crippen LogP contribution in [0.2, 0.25) is 0 Å². The molecular weight excluding hydrogens is 209 g/mol. The first-order chi connectivity index (χ1) is 5.88. The third-order valence-corrected chi connectivity index (χ3v) is 2.68. The summed E-state index contributed by atoms with van der Waals surface area (Å²) >= 11 is 1.43. The molecule has 72 valence electrons. The summed E-state index contributed by atoms with van der Waals surface area (Å²) in [6.07, 6.45) is 0. The van der Waals surface area contributed by atoms with Crippen molar-refractivity contribution in [1.82, 2.24) is 5.09 Å². The van der Waals surface area contributed by atoms with E-state index in [-0.39, 0.29) is 0 Å². The van der Waals surface area contributed by atoms with Gasteiger partial charge in [-0.2, -0.15) is 0 Å². The Bertz CT molecular complexity index is 370. The normalized spacial score (nSPS) is 11.3. The van der Waals surface area contributed by atoms with Crippen molar-refractivity contribution in [1.29, 1.82) is 0 Å². The molecule has 5 N–H and O–H groups in total. The standard InChI is InChI=1S/C6H10N3O2PS/c1-4-2-5(3-13-4)6(10)9-12(7,8)11/h2-3H,1H3,(H5,7,8,9,10,11). The molecule has 0 aliphatic heterocycles. The molecule has 0 saturated carbocycles. The average molecular weight is 219 g/mol. The zero-order valence-electron chi connectivity index (χ0n) is 6.98. The van der Waals surface area contributed by atoms with Crippen molar-refractivity contribution in [2.75, 3.05) is 0 Å². The number of hydrogen-bond donors (Lipinski definition) is 3. The Morgan fingerprint density at radius 2 is 2.23 bits per heavy atom. The second-order valence-corrected chi connectivity index (χ2v) is 5.35. The fourth-order valence-electron chi connectivity index (χ4n) is 0.786. The average Bonchev–Trinajstić information content (AvgIpc) is 2.31. The van der Waals surface area contributed by atoms with Crippen molar-refractivity contribution in [3.8, 4) is 0 Å². The van der Waals surface area contributed by atoms with E-state index in [0.29, 0.717) is 5.56 Å². The molecule has 0 bridgehead atoms. The van der Waals surface area contributed by atoms with E-state index in [1.54, 1.807) is 11.4 Å². The molecule has 13 heavy (non-hydrogen) atoms. The first-order valence-corrected chi connectivity index (χ1v) is 6.16. The van der Waals surface area contributed by atoms with Crippen LogP contribution in [0.5, 0.6) is 0 Å². The summed E-state index contributed by atoms with van der Waals surface area (Å²) in [4.78, 5) is 12.2. The Labute approximate surface area is 79.7 Å². The number of carbonyl (C=O) groups excluding carboxylic acids is 1. The summed E-state index contributed by atoms with van der Waals surface area (Å²) in [7, 11) is -3.47. The zero-order valence-corrected chi connectivity index (χ0v) is 8.69. The number of nitrogens with two attached hydrogens (primary N) is 2. The molecule has 1 aromatic heterocycles. The van der Waals surface area contributed by atoms with Gasteiger partial charge in [0.2, 0.25) is 0 Å². The van der Waals surface area contributed by atoms with Gasteiger partial charge in [0.15, 0.2) is 0 Å². The molecule has 0 atom stereocenters. The van der Waals surface area contributed by atoms with Crippen LogP contribution < -0.4 is 16.1 Å². The van der Waals surface area contributed by atoms with E-state index in [1.807, 2.05) is 12.0 Å². The van der Waals surface area contributed by atoms with Gasteiger partial charge >= 0.3 is 7.59 Å². The van der Waals surface area contributed by atoms with Crippen LogP contribution in [-0.2, 0) is 4.57 Å². The van der Waals surface area contributed by atoms with Gasteiger partial charge in [0.1, 0.15) is 0 Å². The van der Waals surface area contributed by atoms with E-state index in [9.17, 15) is 9.36 Å². The molecule has 0 radical (unpaired) electrons. The predicted molar refractivity (Wildman–Crippen MR) is 52.5 cm³/mol. The summed E-state index contributed by atoms with van der Waals surface area (Å²) in [5, 5.41) is 3.68. The van der Waals surface area contributed by atoms with Crippen molar-refractivity contribution in [2.45, 2.75) is 6.92 Å². The molecule has 1 aromatic rings. The molecule has 0 aliphatic carbocycles. The SMILES string of the molecule is Cc1cc(C(=O)NP(N)(N)=O)cs1. The van der Waals surface area contributed by atoms with Gasteiger partial charge in [-0.15, -0.1) is 11.3 Å². The van der Waals surface area contributed by atoms with Crippen molar-refractivity contribution in [2.24, 2.45) is 11.0 Å². The summed E-state index contributed by atoms with van der Waals surface area (Å²) in [5.74, 6) is -0.502. The molecule has 1 rings (SSSR count). The molecule has 0 aromatic carbocycles.